The molecule has 1 fully saturated rings. The minimum atomic E-state index is -0.943. The third kappa shape index (κ3) is 3.61. The van der Waals surface area contributed by atoms with E-state index in [4.69, 9.17) is 14.7 Å². The number of hydrogen-bond acceptors (Lipinski definition) is 6. The van der Waals surface area contributed by atoms with Crippen LogP contribution in [0.2, 0.25) is 0 Å². The molecule has 31 heavy (non-hydrogen) atoms. The van der Waals surface area contributed by atoms with Crippen molar-refractivity contribution in [1.82, 2.24) is 19.9 Å². The van der Waals surface area contributed by atoms with Crippen LogP contribution in [0.1, 0.15) is 18.2 Å². The zero-order valence-corrected chi connectivity index (χ0v) is 17.2. The van der Waals surface area contributed by atoms with Crippen LogP contribution in [-0.4, -0.2) is 63.4 Å². The molecule has 2 aromatic heterocycles. The van der Waals surface area contributed by atoms with Crippen LogP contribution in [0.25, 0.3) is 22.3 Å². The molecule has 0 spiro atoms. The van der Waals surface area contributed by atoms with Crippen LogP contribution in [0.4, 0.5) is 10.6 Å². The second kappa shape index (κ2) is 7.66. The van der Waals surface area contributed by atoms with Gasteiger partial charge < -0.3 is 24.6 Å². The molecule has 1 atom stereocenters. The molecule has 0 aliphatic carbocycles. The standard InChI is InChI=1S/C22H23N5O4/c1-13-12-31-9-8-27(13)21-16-6-7-26(22(29)30)11-18(16)24-20(25-21)15-2-4-17-14(10-15)3-5-19(28)23-17/h2-5,10,13H,6-9,11-12H2,1H3,(H,23,28)(H,29,30). The summed E-state index contributed by atoms with van der Waals surface area (Å²) in [5.41, 5.74) is 3.17. The molecular weight excluding hydrogens is 398 g/mol. The van der Waals surface area contributed by atoms with Crippen molar-refractivity contribution >= 4 is 22.8 Å². The highest BCUT2D eigenvalue weighted by Crippen LogP contribution is 2.32. The van der Waals surface area contributed by atoms with Gasteiger partial charge in [0.05, 0.1) is 31.5 Å². The second-order valence-electron chi connectivity index (χ2n) is 7.99. The molecule has 9 heteroatoms. The first-order valence-corrected chi connectivity index (χ1v) is 10.3. The summed E-state index contributed by atoms with van der Waals surface area (Å²) in [6, 6.07) is 9.09. The third-order valence-corrected chi connectivity index (χ3v) is 5.94. The van der Waals surface area contributed by atoms with Crippen molar-refractivity contribution in [1.29, 1.82) is 0 Å². The quantitative estimate of drug-likeness (QED) is 0.653. The summed E-state index contributed by atoms with van der Waals surface area (Å²) in [5.74, 6) is 1.41. The van der Waals surface area contributed by atoms with Crippen LogP contribution >= 0.6 is 0 Å². The van der Waals surface area contributed by atoms with Gasteiger partial charge in [0, 0.05) is 35.8 Å². The van der Waals surface area contributed by atoms with Gasteiger partial charge >= 0.3 is 6.09 Å². The van der Waals surface area contributed by atoms with E-state index in [0.29, 0.717) is 32.0 Å². The fraction of sp³-hybridized carbons (Fsp3) is 0.364. The number of carbonyl (C=O) groups is 1. The number of anilines is 1. The summed E-state index contributed by atoms with van der Waals surface area (Å²) in [5, 5.41) is 10.4. The zero-order valence-electron chi connectivity index (χ0n) is 17.2. The fourth-order valence-corrected chi connectivity index (χ4v) is 4.28. The van der Waals surface area contributed by atoms with Crippen molar-refractivity contribution in [2.75, 3.05) is 31.2 Å². The van der Waals surface area contributed by atoms with E-state index < -0.39 is 6.09 Å². The summed E-state index contributed by atoms with van der Waals surface area (Å²) in [4.78, 5) is 39.3. The number of carboxylic acid groups (broad SMARTS) is 1. The van der Waals surface area contributed by atoms with Crippen LogP contribution in [-0.2, 0) is 17.7 Å². The number of nitrogens with one attached hydrogen (secondary N) is 1. The number of fused-ring (bicyclic) bond motifs is 2. The number of aromatic amines is 1. The second-order valence-corrected chi connectivity index (χ2v) is 7.99. The Labute approximate surface area is 178 Å². The van der Waals surface area contributed by atoms with Crippen molar-refractivity contribution in [3.63, 3.8) is 0 Å². The number of nitrogens with zero attached hydrogens (tertiary/aromatic N) is 4. The number of hydrogen-bond donors (Lipinski definition) is 2. The van der Waals surface area contributed by atoms with Gasteiger partial charge in [-0.2, -0.15) is 0 Å². The summed E-state index contributed by atoms with van der Waals surface area (Å²) in [7, 11) is 0. The smallest absolute Gasteiger partial charge is 0.407 e. The van der Waals surface area contributed by atoms with Gasteiger partial charge in [0.1, 0.15) is 5.82 Å². The Morgan fingerprint density at radius 3 is 2.90 bits per heavy atom. The number of H-pyrrole nitrogens is 1. The molecule has 0 saturated carbocycles. The third-order valence-electron chi connectivity index (χ3n) is 5.94. The van der Waals surface area contributed by atoms with Gasteiger partial charge in [-0.1, -0.05) is 0 Å². The number of pyridine rings is 1. The molecule has 4 heterocycles. The van der Waals surface area contributed by atoms with Gasteiger partial charge in [-0.05, 0) is 43.0 Å². The van der Waals surface area contributed by atoms with Crippen LogP contribution in [0, 0.1) is 0 Å². The van der Waals surface area contributed by atoms with Crippen LogP contribution < -0.4 is 10.5 Å². The average molecular weight is 421 g/mol. The predicted molar refractivity (Wildman–Crippen MR) is 115 cm³/mol. The van der Waals surface area contributed by atoms with Gasteiger partial charge in [-0.3, -0.25) is 4.79 Å². The largest absolute Gasteiger partial charge is 0.465 e. The molecule has 1 amide bonds. The number of rotatable bonds is 2. The normalized spacial score (nSPS) is 18.8. The lowest BCUT2D eigenvalue weighted by Crippen LogP contribution is -2.45. The highest BCUT2D eigenvalue weighted by Gasteiger charge is 2.30. The topological polar surface area (TPSA) is 112 Å². The van der Waals surface area contributed by atoms with Crippen molar-refractivity contribution in [2.24, 2.45) is 0 Å². The molecule has 1 saturated heterocycles. The minimum absolute atomic E-state index is 0.150. The molecule has 5 rings (SSSR count). The van der Waals surface area contributed by atoms with Crippen molar-refractivity contribution < 1.29 is 14.6 Å². The first-order valence-electron chi connectivity index (χ1n) is 10.3. The van der Waals surface area contributed by atoms with Gasteiger partial charge in [-0.25, -0.2) is 14.8 Å². The van der Waals surface area contributed by atoms with Crippen molar-refractivity contribution in [3.8, 4) is 11.4 Å². The highest BCUT2D eigenvalue weighted by molar-refractivity contribution is 5.83. The molecule has 2 N–H and O–H groups in total. The Bertz CT molecular complexity index is 1220. The Kier molecular flexibility index (Phi) is 4.82. The first-order chi connectivity index (χ1) is 15.0. The van der Waals surface area contributed by atoms with Crippen molar-refractivity contribution in [2.45, 2.75) is 25.9 Å². The molecule has 1 aromatic carbocycles. The Hall–Kier alpha value is -3.46. The summed E-state index contributed by atoms with van der Waals surface area (Å²) < 4.78 is 5.60. The first kappa shape index (κ1) is 19.5. The monoisotopic (exact) mass is 421 g/mol. The lowest BCUT2D eigenvalue weighted by Gasteiger charge is -2.37. The molecule has 2 aliphatic heterocycles. The maximum absolute atomic E-state index is 11.6. The van der Waals surface area contributed by atoms with Gasteiger partial charge in [0.2, 0.25) is 5.56 Å². The van der Waals surface area contributed by atoms with E-state index in [1.54, 1.807) is 6.07 Å². The van der Waals surface area contributed by atoms with Crippen LogP contribution in [0.15, 0.2) is 35.1 Å². The van der Waals surface area contributed by atoms with E-state index in [9.17, 15) is 14.7 Å². The Balaban J connectivity index is 1.64. The number of aromatic nitrogens is 3. The summed E-state index contributed by atoms with van der Waals surface area (Å²) in [6.07, 6.45) is -0.359. The van der Waals surface area contributed by atoms with E-state index in [1.807, 2.05) is 18.2 Å². The molecule has 2 aliphatic rings. The zero-order chi connectivity index (χ0) is 21.5. The molecular formula is C22H23N5O4. The molecule has 3 aromatic rings. The Morgan fingerprint density at radius 1 is 1.23 bits per heavy atom. The Morgan fingerprint density at radius 2 is 2.10 bits per heavy atom. The van der Waals surface area contributed by atoms with Crippen molar-refractivity contribution in [3.05, 3.63) is 51.9 Å². The minimum Gasteiger partial charge on any atom is -0.465 e. The lowest BCUT2D eigenvalue weighted by atomic mass is 10.0. The fourth-order valence-electron chi connectivity index (χ4n) is 4.28. The maximum atomic E-state index is 11.6. The van der Waals surface area contributed by atoms with E-state index in [0.717, 1.165) is 40.1 Å². The molecule has 0 bridgehead atoms. The lowest BCUT2D eigenvalue weighted by molar-refractivity contribution is 0.0983. The number of amides is 1. The van der Waals surface area contributed by atoms with E-state index in [2.05, 4.69) is 16.8 Å². The number of morpholine rings is 1. The van der Waals surface area contributed by atoms with Crippen LogP contribution in [0.3, 0.4) is 0 Å². The predicted octanol–water partition coefficient (Wildman–Crippen LogP) is 2.25. The van der Waals surface area contributed by atoms with E-state index >= 15 is 0 Å². The number of ether oxygens (including phenoxy) is 1. The summed E-state index contributed by atoms with van der Waals surface area (Å²) >= 11 is 0. The SMILES string of the molecule is CC1COCCN1c1nc(-c2ccc3[nH]c(=O)ccc3c2)nc2c1CCN(C(=O)O)C2. The van der Waals surface area contributed by atoms with Gasteiger partial charge in [0.25, 0.3) is 0 Å². The molecule has 160 valence electrons. The maximum Gasteiger partial charge on any atom is 0.407 e. The average Bonchev–Trinajstić information content (AvgIpc) is 2.78. The van der Waals surface area contributed by atoms with Gasteiger partial charge in [0.15, 0.2) is 5.82 Å². The van der Waals surface area contributed by atoms with Crippen LogP contribution in [0.5, 0.6) is 0 Å². The number of benzene rings is 1. The van der Waals surface area contributed by atoms with E-state index in [1.165, 1.54) is 11.0 Å². The molecule has 9 nitrogen and oxygen atoms in total. The molecule has 1 unspecified atom stereocenters. The van der Waals surface area contributed by atoms with E-state index in [-0.39, 0.29) is 18.1 Å². The summed E-state index contributed by atoms with van der Waals surface area (Å²) in [6.45, 7) is 4.76. The molecule has 0 radical (unpaired) electrons. The van der Waals surface area contributed by atoms with Gasteiger partial charge in [-0.15, -0.1) is 0 Å². The highest BCUT2D eigenvalue weighted by atomic mass is 16.5.